The highest BCUT2D eigenvalue weighted by molar-refractivity contribution is 7.90. The first-order valence-corrected chi connectivity index (χ1v) is 18.6. The van der Waals surface area contributed by atoms with Crippen molar-refractivity contribution in [2.75, 3.05) is 33.3 Å². The lowest BCUT2D eigenvalue weighted by atomic mass is 9.80. The smallest absolute Gasteiger partial charge is 0.264 e. The van der Waals surface area contributed by atoms with Crippen molar-refractivity contribution >= 4 is 32.7 Å². The minimum Gasteiger partial charge on any atom is -0.497 e. The fraction of sp³-hybridized carbons (Fsp3) is 0.556. The van der Waals surface area contributed by atoms with Gasteiger partial charge in [-0.25, -0.2) is 13.1 Å². The van der Waals surface area contributed by atoms with Crippen molar-refractivity contribution in [2.24, 2.45) is 0 Å². The number of hydrogen-bond donors (Lipinski definition) is 1. The van der Waals surface area contributed by atoms with Crippen molar-refractivity contribution in [1.82, 2.24) is 19.1 Å². The summed E-state index contributed by atoms with van der Waals surface area (Å²) in [5.41, 5.74) is 5.00. The monoisotopic (exact) mass is 644 g/mol. The first kappa shape index (κ1) is 30.0. The van der Waals surface area contributed by atoms with Crippen molar-refractivity contribution in [3.8, 4) is 17.0 Å². The zero-order chi connectivity index (χ0) is 32.0. The average molecular weight is 645 g/mol. The van der Waals surface area contributed by atoms with Crippen LogP contribution in [0.2, 0.25) is 0 Å². The molecule has 0 bridgehead atoms. The van der Waals surface area contributed by atoms with Gasteiger partial charge in [-0.3, -0.25) is 14.5 Å². The summed E-state index contributed by atoms with van der Waals surface area (Å²) in [5.74, 6) is 0.654. The number of amides is 2. The van der Waals surface area contributed by atoms with Gasteiger partial charge >= 0.3 is 0 Å². The van der Waals surface area contributed by atoms with Gasteiger partial charge in [-0.05, 0) is 99.9 Å². The molecule has 0 radical (unpaired) electrons. The van der Waals surface area contributed by atoms with E-state index in [9.17, 15) is 13.2 Å². The molecule has 2 aliphatic carbocycles. The number of aromatic nitrogens is 1. The van der Waals surface area contributed by atoms with Crippen LogP contribution in [-0.4, -0.2) is 79.2 Å². The summed E-state index contributed by atoms with van der Waals surface area (Å²) in [5, 5.41) is 0.327. The van der Waals surface area contributed by atoms with Gasteiger partial charge in [0.25, 0.3) is 5.91 Å². The molecule has 4 fully saturated rings. The molecule has 5 aliphatic rings. The molecule has 2 saturated heterocycles. The predicted octanol–water partition coefficient (Wildman–Crippen LogP) is 5.34. The van der Waals surface area contributed by atoms with E-state index in [1.165, 1.54) is 24.0 Å². The maximum absolute atomic E-state index is 15.0. The van der Waals surface area contributed by atoms with Gasteiger partial charge in [0.05, 0.1) is 23.6 Å². The second-order valence-electron chi connectivity index (χ2n) is 14.4. The van der Waals surface area contributed by atoms with Gasteiger partial charge in [0.1, 0.15) is 11.3 Å². The molecule has 4 heterocycles. The molecule has 3 aliphatic heterocycles. The third-order valence-electron chi connectivity index (χ3n) is 11.6. The average Bonchev–Trinajstić information content (AvgIpc) is 3.48. The van der Waals surface area contributed by atoms with E-state index in [1.807, 2.05) is 18.2 Å². The summed E-state index contributed by atoms with van der Waals surface area (Å²) in [7, 11) is -2.12. The fourth-order valence-electron chi connectivity index (χ4n) is 9.06. The highest BCUT2D eigenvalue weighted by Crippen LogP contribution is 2.67. The first-order valence-electron chi connectivity index (χ1n) is 17.1. The number of sulfonamides is 1. The molecule has 8 rings (SSSR count). The van der Waals surface area contributed by atoms with E-state index in [0.717, 1.165) is 86.2 Å². The molecule has 10 heteroatoms. The Morgan fingerprint density at radius 2 is 1.78 bits per heavy atom. The molecule has 2 amide bonds. The van der Waals surface area contributed by atoms with Crippen LogP contribution in [0.3, 0.4) is 0 Å². The largest absolute Gasteiger partial charge is 0.497 e. The number of carbonyl (C=O) groups excluding carboxylic acids is 2. The Morgan fingerprint density at radius 3 is 2.54 bits per heavy atom. The van der Waals surface area contributed by atoms with Gasteiger partial charge < -0.3 is 14.2 Å². The molecule has 1 aromatic heterocycles. The maximum Gasteiger partial charge on any atom is 0.264 e. The van der Waals surface area contributed by atoms with Crippen LogP contribution in [0.1, 0.15) is 98.5 Å². The number of methoxy groups -OCH3 is 1. The van der Waals surface area contributed by atoms with E-state index in [0.29, 0.717) is 18.4 Å². The number of hydrogen-bond acceptors (Lipinski definition) is 6. The Bertz CT molecular complexity index is 1860. The number of piperazine rings is 1. The minimum atomic E-state index is -3.81. The molecule has 3 unspecified atom stereocenters. The Labute approximate surface area is 271 Å². The molecule has 2 saturated carbocycles. The summed E-state index contributed by atoms with van der Waals surface area (Å²) in [6.07, 6.45) is 8.72. The molecular formula is C36H44N4O5S. The number of nitrogens with one attached hydrogen (secondary N) is 1. The Morgan fingerprint density at radius 1 is 0.978 bits per heavy atom. The van der Waals surface area contributed by atoms with Crippen molar-refractivity contribution < 1.29 is 22.7 Å². The third-order valence-corrected chi connectivity index (χ3v) is 13.3. The summed E-state index contributed by atoms with van der Waals surface area (Å²) >= 11 is 0. The molecule has 0 spiro atoms. The van der Waals surface area contributed by atoms with Gasteiger partial charge in [-0.15, -0.1) is 0 Å². The quantitative estimate of drug-likeness (QED) is 0.389. The molecule has 9 nitrogen and oxygen atoms in total. The van der Waals surface area contributed by atoms with Gasteiger partial charge in [-0.1, -0.05) is 25.3 Å². The fourth-order valence-corrected chi connectivity index (χ4v) is 9.68. The zero-order valence-corrected chi connectivity index (χ0v) is 27.9. The maximum atomic E-state index is 15.0. The van der Waals surface area contributed by atoms with E-state index in [1.54, 1.807) is 27.0 Å². The number of nitrogens with zero attached hydrogens (tertiary/aromatic N) is 3. The van der Waals surface area contributed by atoms with Crippen LogP contribution in [-0.2, 0) is 20.4 Å². The van der Waals surface area contributed by atoms with Crippen LogP contribution >= 0.6 is 0 Å². The molecule has 3 aromatic rings. The van der Waals surface area contributed by atoms with Crippen LogP contribution in [0.4, 0.5) is 0 Å². The van der Waals surface area contributed by atoms with E-state index < -0.39 is 26.7 Å². The SMILES string of the molecule is COc1ccc2c(c1)C1CC1(C(=O)N1CCN3CCCC3C1)n1c-2c(C2CCCCC2)c2ccc(C(=O)NS(=O)(=O)C(C)C)cc21. The Balaban J connectivity index is 1.34. The molecule has 46 heavy (non-hydrogen) atoms. The number of benzene rings is 2. The third kappa shape index (κ3) is 4.46. The van der Waals surface area contributed by atoms with Crippen LogP contribution < -0.4 is 9.46 Å². The number of carbonyl (C=O) groups is 2. The van der Waals surface area contributed by atoms with E-state index in [2.05, 4.69) is 31.2 Å². The Kier molecular flexibility index (Phi) is 7.07. The van der Waals surface area contributed by atoms with Gasteiger partial charge in [0.2, 0.25) is 15.9 Å². The lowest BCUT2D eigenvalue weighted by molar-refractivity contribution is -0.139. The Hall–Kier alpha value is -3.37. The normalized spacial score (nSPS) is 26.0. The van der Waals surface area contributed by atoms with Crippen molar-refractivity contribution in [2.45, 2.75) is 93.9 Å². The molecule has 2 aromatic carbocycles. The van der Waals surface area contributed by atoms with Gasteiger partial charge in [0, 0.05) is 48.1 Å². The summed E-state index contributed by atoms with van der Waals surface area (Å²) in [4.78, 5) is 33.1. The second kappa shape index (κ2) is 10.8. The van der Waals surface area contributed by atoms with Crippen molar-refractivity contribution in [1.29, 1.82) is 0 Å². The molecular weight excluding hydrogens is 600 g/mol. The number of rotatable bonds is 6. The highest BCUT2D eigenvalue weighted by atomic mass is 32.2. The van der Waals surface area contributed by atoms with E-state index in [-0.39, 0.29) is 17.4 Å². The van der Waals surface area contributed by atoms with E-state index >= 15 is 4.79 Å². The zero-order valence-electron chi connectivity index (χ0n) is 27.0. The second-order valence-corrected chi connectivity index (χ2v) is 16.6. The van der Waals surface area contributed by atoms with Crippen LogP contribution in [0, 0.1) is 0 Å². The summed E-state index contributed by atoms with van der Waals surface area (Å²) in [6.45, 7) is 6.60. The minimum absolute atomic E-state index is 0.00665. The number of fused-ring (bicyclic) bond motifs is 9. The lowest BCUT2D eigenvalue weighted by Gasteiger charge is -2.41. The predicted molar refractivity (Wildman–Crippen MR) is 178 cm³/mol. The van der Waals surface area contributed by atoms with Crippen molar-refractivity contribution in [3.63, 3.8) is 0 Å². The molecule has 1 N–H and O–H groups in total. The molecule has 244 valence electrons. The highest BCUT2D eigenvalue weighted by Gasteiger charge is 2.67. The lowest BCUT2D eigenvalue weighted by Crippen LogP contribution is -2.55. The van der Waals surface area contributed by atoms with Crippen LogP contribution in [0.5, 0.6) is 5.75 Å². The van der Waals surface area contributed by atoms with Gasteiger partial charge in [0.15, 0.2) is 0 Å². The van der Waals surface area contributed by atoms with Crippen LogP contribution in [0.25, 0.3) is 22.2 Å². The summed E-state index contributed by atoms with van der Waals surface area (Å²) < 4.78 is 35.6. The van der Waals surface area contributed by atoms with Crippen LogP contribution in [0.15, 0.2) is 36.4 Å². The van der Waals surface area contributed by atoms with Gasteiger partial charge in [-0.2, -0.15) is 0 Å². The van der Waals surface area contributed by atoms with Crippen molar-refractivity contribution in [3.05, 3.63) is 53.1 Å². The summed E-state index contributed by atoms with van der Waals surface area (Å²) in [6, 6.07) is 12.3. The molecule has 3 atom stereocenters. The first-order chi connectivity index (χ1) is 22.1. The topological polar surface area (TPSA) is 101 Å². The standard InChI is InChI=1S/C36H44N4O5S/c1-22(2)46(43,44)37-34(41)24-11-13-28-31(18-24)40-33(32(28)23-8-5-4-6-9-23)27-14-12-26(45-3)19-29(27)30-20-36(30,40)35(42)39-17-16-38-15-7-10-25(38)21-39/h11-14,18-19,22-23,25,30H,4-10,15-17,20-21H2,1-3H3,(H,37,41). The van der Waals surface area contributed by atoms with E-state index in [4.69, 9.17) is 4.74 Å². The number of ether oxygens (including phenoxy) is 1.